The topological polar surface area (TPSA) is 115 Å². The highest BCUT2D eigenvalue weighted by atomic mass is 16.3. The highest BCUT2D eigenvalue weighted by Crippen LogP contribution is 2.21. The van der Waals surface area contributed by atoms with Gasteiger partial charge in [0, 0.05) is 17.2 Å². The van der Waals surface area contributed by atoms with Crippen molar-refractivity contribution in [2.75, 3.05) is 11.1 Å². The van der Waals surface area contributed by atoms with Gasteiger partial charge >= 0.3 is 6.03 Å². The maximum atomic E-state index is 12.0. The van der Waals surface area contributed by atoms with Crippen molar-refractivity contribution in [3.63, 3.8) is 0 Å². The van der Waals surface area contributed by atoms with E-state index in [9.17, 15) is 9.90 Å². The van der Waals surface area contributed by atoms with Crippen LogP contribution in [0.25, 0.3) is 0 Å². The first-order chi connectivity index (χ1) is 13.1. The molecule has 0 atom stereocenters. The molecule has 0 bridgehead atoms. The van der Waals surface area contributed by atoms with E-state index in [2.05, 4.69) is 10.3 Å². The van der Waals surface area contributed by atoms with E-state index in [1.807, 2.05) is 69.3 Å². The Labute approximate surface area is 166 Å². The van der Waals surface area contributed by atoms with Crippen LogP contribution in [-0.4, -0.2) is 17.0 Å². The largest absolute Gasteiger partial charge is 0.512 e. The minimum Gasteiger partial charge on any atom is -0.512 e. The second-order valence-electron chi connectivity index (χ2n) is 7.75. The molecule has 0 aliphatic rings. The summed E-state index contributed by atoms with van der Waals surface area (Å²) in [4.78, 5) is 14.5. The van der Waals surface area contributed by atoms with Gasteiger partial charge in [-0.15, -0.1) is 0 Å². The second kappa shape index (κ2) is 9.08. The molecule has 0 saturated heterocycles. The third-order valence-corrected chi connectivity index (χ3v) is 4.21. The molecule has 28 heavy (non-hydrogen) atoms. The number of allylic oxidation sites excluding steroid dienone is 1. The molecule has 0 aliphatic heterocycles. The normalized spacial score (nSPS) is 12.7. The quantitative estimate of drug-likeness (QED) is 0.237. The molecule has 2 rings (SSSR count). The standard InChI is InChI=1S/C22H28N4O2/c1-22(2,3)19(27)14-20(24)26-21(28)25-18-12-8-16(9-13-18)5-4-15-6-10-17(23)11-7-15/h6-14,27H,4-5,23H2,1-3H3,(H3,24,25,26,28)/p+1/b19-14-. The van der Waals surface area contributed by atoms with Crippen LogP contribution in [-0.2, 0) is 12.8 Å². The summed E-state index contributed by atoms with van der Waals surface area (Å²) in [5, 5.41) is 12.6. The lowest BCUT2D eigenvalue weighted by atomic mass is 9.93. The molecule has 0 fully saturated rings. The number of benzene rings is 2. The second-order valence-corrected chi connectivity index (χ2v) is 7.75. The van der Waals surface area contributed by atoms with E-state index in [4.69, 9.17) is 11.5 Å². The SMILES string of the molecule is CC(C)(C)/C(O)=C/C(N)=[NH+]\C(=O)Nc1ccc(CCc2ccc(N)cc2)cc1. The number of anilines is 2. The highest BCUT2D eigenvalue weighted by Gasteiger charge is 2.17. The average molecular weight is 382 g/mol. The Balaban J connectivity index is 1.91. The van der Waals surface area contributed by atoms with Crippen molar-refractivity contribution in [1.29, 1.82) is 0 Å². The molecule has 2 aromatic carbocycles. The third kappa shape index (κ3) is 6.79. The summed E-state index contributed by atoms with van der Waals surface area (Å²) < 4.78 is 0. The Morgan fingerprint density at radius 1 is 1.04 bits per heavy atom. The van der Waals surface area contributed by atoms with Gasteiger partial charge in [0.2, 0.25) is 5.84 Å². The van der Waals surface area contributed by atoms with Crippen LogP contribution in [0.2, 0.25) is 0 Å². The van der Waals surface area contributed by atoms with Gasteiger partial charge in [0.25, 0.3) is 0 Å². The predicted octanol–water partition coefficient (Wildman–Crippen LogP) is 2.51. The highest BCUT2D eigenvalue weighted by molar-refractivity contribution is 5.92. The predicted molar refractivity (Wildman–Crippen MR) is 114 cm³/mol. The molecule has 6 heteroatoms. The van der Waals surface area contributed by atoms with Crippen molar-refractivity contribution in [3.8, 4) is 0 Å². The van der Waals surface area contributed by atoms with Crippen molar-refractivity contribution in [2.24, 2.45) is 11.1 Å². The van der Waals surface area contributed by atoms with E-state index in [1.165, 1.54) is 17.2 Å². The van der Waals surface area contributed by atoms with Crippen LogP contribution in [0.5, 0.6) is 0 Å². The van der Waals surface area contributed by atoms with E-state index in [-0.39, 0.29) is 11.6 Å². The van der Waals surface area contributed by atoms with Crippen molar-refractivity contribution < 1.29 is 14.9 Å². The molecule has 0 radical (unpaired) electrons. The minimum absolute atomic E-state index is 0.0741. The molecule has 7 N–H and O–H groups in total. The first-order valence-corrected chi connectivity index (χ1v) is 9.18. The van der Waals surface area contributed by atoms with Gasteiger partial charge in [-0.2, -0.15) is 0 Å². The van der Waals surface area contributed by atoms with Gasteiger partial charge in [-0.3, -0.25) is 0 Å². The molecule has 6 nitrogen and oxygen atoms in total. The molecule has 0 saturated carbocycles. The van der Waals surface area contributed by atoms with Gasteiger partial charge in [0.05, 0.1) is 5.69 Å². The number of nitrogen functional groups attached to an aromatic ring is 1. The molecule has 0 unspecified atom stereocenters. The van der Waals surface area contributed by atoms with Crippen LogP contribution in [0.1, 0.15) is 31.9 Å². The van der Waals surface area contributed by atoms with E-state index in [0.717, 1.165) is 18.5 Å². The van der Waals surface area contributed by atoms with E-state index in [1.54, 1.807) is 0 Å². The monoisotopic (exact) mass is 381 g/mol. The zero-order chi connectivity index (χ0) is 20.7. The van der Waals surface area contributed by atoms with Crippen molar-refractivity contribution in [3.05, 3.63) is 71.5 Å². The maximum absolute atomic E-state index is 12.0. The van der Waals surface area contributed by atoms with Gasteiger partial charge in [-0.25, -0.2) is 15.1 Å². The Morgan fingerprint density at radius 2 is 1.54 bits per heavy atom. The van der Waals surface area contributed by atoms with Crippen LogP contribution >= 0.6 is 0 Å². The molecule has 148 valence electrons. The molecule has 0 aromatic heterocycles. The van der Waals surface area contributed by atoms with Gasteiger partial charge in [-0.05, 0) is 48.2 Å². The maximum Gasteiger partial charge on any atom is 0.438 e. The van der Waals surface area contributed by atoms with Crippen molar-refractivity contribution in [1.82, 2.24) is 0 Å². The van der Waals surface area contributed by atoms with Crippen molar-refractivity contribution >= 4 is 23.2 Å². The summed E-state index contributed by atoms with van der Waals surface area (Å²) in [6, 6.07) is 15.0. The Bertz CT molecular complexity index is 861. The minimum atomic E-state index is -0.468. The molecular weight excluding hydrogens is 352 g/mol. The number of aliphatic hydroxyl groups is 1. The summed E-state index contributed by atoms with van der Waals surface area (Å²) in [5.74, 6) is 0.167. The van der Waals surface area contributed by atoms with Gasteiger partial charge in [-0.1, -0.05) is 45.0 Å². The fourth-order valence-corrected chi connectivity index (χ4v) is 2.42. The van der Waals surface area contributed by atoms with Gasteiger partial charge < -0.3 is 16.6 Å². The number of carbonyl (C=O) groups is 1. The average Bonchev–Trinajstić information content (AvgIpc) is 2.61. The van der Waals surface area contributed by atoms with Crippen LogP contribution < -0.4 is 21.8 Å². The number of aliphatic hydroxyl groups excluding tert-OH is 1. The lowest BCUT2D eigenvalue weighted by Crippen LogP contribution is -2.80. The first-order valence-electron chi connectivity index (χ1n) is 9.18. The lowest BCUT2D eigenvalue weighted by Gasteiger charge is -2.16. The first kappa shape index (κ1) is 21.0. The number of rotatable bonds is 5. The number of amidine groups is 1. The molecule has 2 aromatic rings. The van der Waals surface area contributed by atoms with Gasteiger partial charge in [0.15, 0.2) is 0 Å². The Morgan fingerprint density at radius 3 is 2.04 bits per heavy atom. The number of carbonyl (C=O) groups excluding carboxylic acids is 1. The van der Waals surface area contributed by atoms with Crippen LogP contribution in [0, 0.1) is 5.41 Å². The smallest absolute Gasteiger partial charge is 0.438 e. The summed E-state index contributed by atoms with van der Waals surface area (Å²) in [5.41, 5.74) is 14.8. The number of amides is 2. The van der Waals surface area contributed by atoms with E-state index >= 15 is 0 Å². The fourth-order valence-electron chi connectivity index (χ4n) is 2.42. The summed E-state index contributed by atoms with van der Waals surface area (Å²) >= 11 is 0. The number of urea groups is 1. The fraction of sp³-hybridized carbons (Fsp3) is 0.273. The molecule has 0 heterocycles. The lowest BCUT2D eigenvalue weighted by molar-refractivity contribution is -0.337. The van der Waals surface area contributed by atoms with Crippen LogP contribution in [0.15, 0.2) is 60.4 Å². The summed E-state index contributed by atoms with van der Waals surface area (Å²) in [7, 11) is 0. The number of nitrogens with two attached hydrogens (primary N) is 2. The molecule has 0 spiro atoms. The van der Waals surface area contributed by atoms with E-state index < -0.39 is 11.4 Å². The number of hydrogen-bond acceptors (Lipinski definition) is 3. The van der Waals surface area contributed by atoms with Crippen molar-refractivity contribution in [2.45, 2.75) is 33.6 Å². The third-order valence-electron chi connectivity index (χ3n) is 4.21. The Kier molecular flexibility index (Phi) is 6.82. The molecule has 0 aliphatic carbocycles. The summed E-state index contributed by atoms with van der Waals surface area (Å²) in [6.07, 6.45) is 3.16. The van der Waals surface area contributed by atoms with Gasteiger partial charge in [0.1, 0.15) is 5.76 Å². The number of aryl methyl sites for hydroxylation is 2. The van der Waals surface area contributed by atoms with Crippen LogP contribution in [0.4, 0.5) is 16.2 Å². The number of hydrogen-bond donors (Lipinski definition) is 5. The number of nitrogens with one attached hydrogen (secondary N) is 2. The molecular formula is C22H29N4O2+. The zero-order valence-electron chi connectivity index (χ0n) is 16.6. The Hall–Kier alpha value is -3.28. The zero-order valence-corrected chi connectivity index (χ0v) is 16.6. The molecule has 2 amide bonds. The summed E-state index contributed by atoms with van der Waals surface area (Å²) in [6.45, 7) is 5.54. The van der Waals surface area contributed by atoms with Crippen LogP contribution in [0.3, 0.4) is 0 Å². The van der Waals surface area contributed by atoms with E-state index in [0.29, 0.717) is 5.69 Å².